The van der Waals surface area contributed by atoms with Gasteiger partial charge in [0.15, 0.2) is 0 Å². The predicted molar refractivity (Wildman–Crippen MR) is 78.5 cm³/mol. The van der Waals surface area contributed by atoms with Crippen LogP contribution in [0.1, 0.15) is 0 Å². The summed E-state index contributed by atoms with van der Waals surface area (Å²) in [7, 11) is 0. The second-order valence-electron chi connectivity index (χ2n) is 4.03. The zero-order valence-corrected chi connectivity index (χ0v) is 11.7. The molecule has 3 aromatic rings. The molecule has 0 atom stereocenters. The van der Waals surface area contributed by atoms with Crippen molar-refractivity contribution in [1.29, 1.82) is 0 Å². The quantitative estimate of drug-likeness (QED) is 0.674. The van der Waals surface area contributed by atoms with Crippen LogP contribution in [0.15, 0.2) is 49.1 Å². The summed E-state index contributed by atoms with van der Waals surface area (Å²) in [5, 5.41) is 0.898. The van der Waals surface area contributed by atoms with Gasteiger partial charge in [-0.25, -0.2) is 19.9 Å². The fourth-order valence-corrected chi connectivity index (χ4v) is 1.95. The molecule has 20 heavy (non-hydrogen) atoms. The Morgan fingerprint density at radius 3 is 1.55 bits per heavy atom. The first-order valence-electron chi connectivity index (χ1n) is 5.78. The van der Waals surface area contributed by atoms with Crippen LogP contribution >= 0.6 is 23.2 Å². The van der Waals surface area contributed by atoms with Gasteiger partial charge in [-0.1, -0.05) is 23.2 Å². The molecular formula is C14H8Cl2N4. The van der Waals surface area contributed by atoms with Crippen molar-refractivity contribution in [3.05, 3.63) is 59.4 Å². The van der Waals surface area contributed by atoms with Crippen LogP contribution in [0.25, 0.3) is 22.5 Å². The third kappa shape index (κ3) is 2.76. The van der Waals surface area contributed by atoms with E-state index < -0.39 is 0 Å². The molecule has 0 unspecified atom stereocenters. The lowest BCUT2D eigenvalue weighted by molar-refractivity contribution is 1.16. The minimum atomic E-state index is 0.449. The van der Waals surface area contributed by atoms with E-state index in [1.807, 2.05) is 18.2 Å². The van der Waals surface area contributed by atoms with Gasteiger partial charge in [0.1, 0.15) is 16.6 Å². The molecule has 0 radical (unpaired) electrons. The SMILES string of the molecule is Clc1ccc(-c2cc(-c3ccc(Cl)nc3)ncn2)cn1. The Balaban J connectivity index is 2.01. The highest BCUT2D eigenvalue weighted by molar-refractivity contribution is 6.29. The first-order valence-corrected chi connectivity index (χ1v) is 6.54. The lowest BCUT2D eigenvalue weighted by atomic mass is 10.1. The Kier molecular flexibility index (Phi) is 3.58. The maximum atomic E-state index is 5.78. The molecule has 3 aromatic heterocycles. The molecule has 0 saturated heterocycles. The molecule has 0 amide bonds. The summed E-state index contributed by atoms with van der Waals surface area (Å²) in [5.41, 5.74) is 3.29. The first kappa shape index (κ1) is 13.0. The van der Waals surface area contributed by atoms with Crippen molar-refractivity contribution in [2.75, 3.05) is 0 Å². The van der Waals surface area contributed by atoms with Gasteiger partial charge in [0.05, 0.1) is 11.4 Å². The second kappa shape index (κ2) is 5.53. The van der Waals surface area contributed by atoms with E-state index in [4.69, 9.17) is 23.2 Å². The Hall–Kier alpha value is -2.04. The number of nitrogens with zero attached hydrogens (tertiary/aromatic N) is 4. The molecule has 0 saturated carbocycles. The lowest BCUT2D eigenvalue weighted by Crippen LogP contribution is -1.90. The monoisotopic (exact) mass is 302 g/mol. The fourth-order valence-electron chi connectivity index (χ4n) is 1.73. The van der Waals surface area contributed by atoms with Gasteiger partial charge in [0, 0.05) is 23.5 Å². The van der Waals surface area contributed by atoms with Gasteiger partial charge in [-0.05, 0) is 30.3 Å². The molecule has 0 aromatic carbocycles. The van der Waals surface area contributed by atoms with E-state index in [2.05, 4.69) is 19.9 Å². The van der Waals surface area contributed by atoms with E-state index in [0.29, 0.717) is 10.3 Å². The van der Waals surface area contributed by atoms with Gasteiger partial charge < -0.3 is 0 Å². The topological polar surface area (TPSA) is 51.6 Å². The van der Waals surface area contributed by atoms with Crippen LogP contribution in [0.3, 0.4) is 0 Å². The third-order valence-corrected chi connectivity index (χ3v) is 3.16. The van der Waals surface area contributed by atoms with Crippen molar-refractivity contribution in [2.24, 2.45) is 0 Å². The highest BCUT2D eigenvalue weighted by atomic mass is 35.5. The van der Waals surface area contributed by atoms with Crippen molar-refractivity contribution in [1.82, 2.24) is 19.9 Å². The van der Waals surface area contributed by atoms with Crippen molar-refractivity contribution < 1.29 is 0 Å². The highest BCUT2D eigenvalue weighted by Gasteiger charge is 2.05. The molecule has 0 aliphatic heterocycles. The lowest BCUT2D eigenvalue weighted by Gasteiger charge is -2.04. The maximum Gasteiger partial charge on any atom is 0.129 e. The Morgan fingerprint density at radius 1 is 0.650 bits per heavy atom. The van der Waals surface area contributed by atoms with Gasteiger partial charge in [0.25, 0.3) is 0 Å². The number of rotatable bonds is 2. The standard InChI is InChI=1S/C14H8Cl2N4/c15-13-3-1-9(6-17-13)11-5-12(20-8-19-11)10-2-4-14(16)18-7-10/h1-8H. The van der Waals surface area contributed by atoms with E-state index in [1.165, 1.54) is 6.33 Å². The Bertz CT molecular complexity index is 666. The Labute approximate surface area is 125 Å². The van der Waals surface area contributed by atoms with Gasteiger partial charge in [-0.3, -0.25) is 0 Å². The molecule has 0 aliphatic carbocycles. The van der Waals surface area contributed by atoms with Crippen LogP contribution in [-0.4, -0.2) is 19.9 Å². The summed E-state index contributed by atoms with van der Waals surface area (Å²) in [5.74, 6) is 0. The second-order valence-corrected chi connectivity index (χ2v) is 4.80. The molecule has 98 valence electrons. The predicted octanol–water partition coefficient (Wildman–Crippen LogP) is 3.91. The summed E-state index contributed by atoms with van der Waals surface area (Å²) >= 11 is 11.6. The van der Waals surface area contributed by atoms with Crippen molar-refractivity contribution in [3.8, 4) is 22.5 Å². The molecule has 3 rings (SSSR count). The minimum absolute atomic E-state index is 0.449. The van der Waals surface area contributed by atoms with Gasteiger partial charge >= 0.3 is 0 Å². The first-order chi connectivity index (χ1) is 9.72. The molecule has 0 N–H and O–H groups in total. The largest absolute Gasteiger partial charge is 0.244 e. The van der Waals surface area contributed by atoms with Crippen LogP contribution in [0.2, 0.25) is 10.3 Å². The number of aromatic nitrogens is 4. The smallest absolute Gasteiger partial charge is 0.129 e. The molecule has 0 bridgehead atoms. The summed E-state index contributed by atoms with van der Waals surface area (Å²) in [6.07, 6.45) is 4.86. The van der Waals surface area contributed by atoms with Gasteiger partial charge in [-0.15, -0.1) is 0 Å². The van der Waals surface area contributed by atoms with Crippen LogP contribution in [0, 0.1) is 0 Å². The number of pyridine rings is 2. The zero-order chi connectivity index (χ0) is 13.9. The number of hydrogen-bond donors (Lipinski definition) is 0. The van der Waals surface area contributed by atoms with Crippen LogP contribution in [0.5, 0.6) is 0 Å². The maximum absolute atomic E-state index is 5.78. The van der Waals surface area contributed by atoms with Crippen molar-refractivity contribution >= 4 is 23.2 Å². The molecule has 4 nitrogen and oxygen atoms in total. The summed E-state index contributed by atoms with van der Waals surface area (Å²) in [6, 6.07) is 9.05. The summed E-state index contributed by atoms with van der Waals surface area (Å²) in [6.45, 7) is 0. The Morgan fingerprint density at radius 2 is 1.15 bits per heavy atom. The minimum Gasteiger partial charge on any atom is -0.244 e. The van der Waals surface area contributed by atoms with E-state index in [9.17, 15) is 0 Å². The van der Waals surface area contributed by atoms with E-state index in [0.717, 1.165) is 22.5 Å². The zero-order valence-electron chi connectivity index (χ0n) is 10.2. The molecule has 3 heterocycles. The van der Waals surface area contributed by atoms with Crippen LogP contribution in [0.4, 0.5) is 0 Å². The molecule has 0 aliphatic rings. The molecule has 6 heteroatoms. The van der Waals surface area contributed by atoms with Crippen molar-refractivity contribution in [3.63, 3.8) is 0 Å². The normalized spacial score (nSPS) is 10.5. The average Bonchev–Trinajstić information content (AvgIpc) is 2.49. The van der Waals surface area contributed by atoms with Gasteiger partial charge in [-0.2, -0.15) is 0 Å². The van der Waals surface area contributed by atoms with Crippen LogP contribution in [-0.2, 0) is 0 Å². The summed E-state index contributed by atoms with van der Waals surface area (Å²) in [4.78, 5) is 16.6. The van der Waals surface area contributed by atoms with E-state index in [1.54, 1.807) is 24.5 Å². The van der Waals surface area contributed by atoms with Gasteiger partial charge in [0.2, 0.25) is 0 Å². The van der Waals surface area contributed by atoms with E-state index >= 15 is 0 Å². The molecule has 0 spiro atoms. The highest BCUT2D eigenvalue weighted by Crippen LogP contribution is 2.23. The van der Waals surface area contributed by atoms with Crippen LogP contribution < -0.4 is 0 Å². The number of halogens is 2. The average molecular weight is 303 g/mol. The third-order valence-electron chi connectivity index (χ3n) is 2.71. The fraction of sp³-hybridized carbons (Fsp3) is 0. The summed E-state index contributed by atoms with van der Waals surface area (Å²) < 4.78 is 0. The number of hydrogen-bond acceptors (Lipinski definition) is 4. The van der Waals surface area contributed by atoms with Crippen molar-refractivity contribution in [2.45, 2.75) is 0 Å². The molecule has 0 fully saturated rings. The molecular weight excluding hydrogens is 295 g/mol. The van der Waals surface area contributed by atoms with E-state index in [-0.39, 0.29) is 0 Å².